The van der Waals surface area contributed by atoms with E-state index < -0.39 is 29.4 Å². The summed E-state index contributed by atoms with van der Waals surface area (Å²) in [6, 6.07) is 1.74. The average molecular weight is 348 g/mol. The van der Waals surface area contributed by atoms with Crippen molar-refractivity contribution in [3.63, 3.8) is 0 Å². The zero-order chi connectivity index (χ0) is 18.5. The third-order valence-electron chi connectivity index (χ3n) is 3.29. The predicted octanol–water partition coefficient (Wildman–Crippen LogP) is 3.72. The van der Waals surface area contributed by atoms with E-state index in [4.69, 9.17) is 0 Å². The summed E-state index contributed by atoms with van der Waals surface area (Å²) in [4.78, 5) is 23.5. The molecule has 8 heteroatoms. The van der Waals surface area contributed by atoms with Gasteiger partial charge >= 0.3 is 18.0 Å². The summed E-state index contributed by atoms with van der Waals surface area (Å²) in [5.41, 5.74) is -1.82. The highest BCUT2D eigenvalue weighted by Gasteiger charge is 2.34. The third kappa shape index (κ3) is 6.17. The zero-order valence-electron chi connectivity index (χ0n) is 13.6. The molecule has 1 aromatic rings. The topological polar surface area (TPSA) is 58.2 Å². The van der Waals surface area contributed by atoms with Gasteiger partial charge < -0.3 is 10.6 Å². The number of amides is 2. The van der Waals surface area contributed by atoms with E-state index in [9.17, 15) is 27.2 Å². The Labute approximate surface area is 137 Å². The van der Waals surface area contributed by atoms with E-state index in [1.54, 1.807) is 6.92 Å². The maximum Gasteiger partial charge on any atom is 0.419 e. The van der Waals surface area contributed by atoms with Crippen molar-refractivity contribution >= 4 is 17.5 Å². The van der Waals surface area contributed by atoms with Crippen molar-refractivity contribution in [3.8, 4) is 0 Å². The maximum absolute atomic E-state index is 13.2. The number of halogens is 4. The Kier molecular flexibility index (Phi) is 6.74. The summed E-state index contributed by atoms with van der Waals surface area (Å²) in [6.45, 7) is 5.77. The summed E-state index contributed by atoms with van der Waals surface area (Å²) < 4.78 is 51.0. The van der Waals surface area contributed by atoms with Gasteiger partial charge in [-0.05, 0) is 43.9 Å². The predicted molar refractivity (Wildman–Crippen MR) is 81.7 cm³/mol. The van der Waals surface area contributed by atoms with Gasteiger partial charge in [0.25, 0.3) is 0 Å². The molecule has 1 aromatic carbocycles. The maximum atomic E-state index is 13.2. The normalized spacial score (nSPS) is 12.8. The number of hydrogen-bond acceptors (Lipinski definition) is 2. The van der Waals surface area contributed by atoms with E-state index in [1.807, 2.05) is 19.2 Å². The fraction of sp³-hybridized carbons (Fsp3) is 0.500. The smallest absolute Gasteiger partial charge is 0.345 e. The largest absolute Gasteiger partial charge is 0.419 e. The molecular formula is C16H20F4N2O2. The second kappa shape index (κ2) is 8.12. The van der Waals surface area contributed by atoms with Crippen LogP contribution in [0.4, 0.5) is 23.2 Å². The quantitative estimate of drug-likeness (QED) is 0.629. The van der Waals surface area contributed by atoms with Gasteiger partial charge in [-0.1, -0.05) is 13.8 Å². The molecule has 0 saturated heterocycles. The van der Waals surface area contributed by atoms with Gasteiger partial charge in [0.2, 0.25) is 0 Å². The van der Waals surface area contributed by atoms with Crippen LogP contribution in [0.2, 0.25) is 0 Å². The van der Waals surface area contributed by atoms with Crippen LogP contribution in [0.5, 0.6) is 0 Å². The molecule has 0 aliphatic rings. The second-order valence-corrected chi connectivity index (χ2v) is 5.99. The number of benzene rings is 1. The number of carbonyl (C=O) groups is 2. The van der Waals surface area contributed by atoms with Gasteiger partial charge in [-0.25, -0.2) is 4.39 Å². The van der Waals surface area contributed by atoms with Gasteiger partial charge in [-0.15, -0.1) is 0 Å². The average Bonchev–Trinajstić information content (AvgIpc) is 2.45. The van der Waals surface area contributed by atoms with Crippen molar-refractivity contribution < 1.29 is 27.2 Å². The van der Waals surface area contributed by atoms with Crippen LogP contribution in [0.1, 0.15) is 39.2 Å². The molecule has 0 radical (unpaired) electrons. The molecule has 0 bridgehead atoms. The van der Waals surface area contributed by atoms with E-state index in [2.05, 4.69) is 5.32 Å². The van der Waals surface area contributed by atoms with Gasteiger partial charge in [-0.2, -0.15) is 13.2 Å². The van der Waals surface area contributed by atoms with Crippen molar-refractivity contribution in [2.75, 3.05) is 5.32 Å². The van der Waals surface area contributed by atoms with Gasteiger partial charge in [0.05, 0.1) is 5.56 Å². The Balaban J connectivity index is 2.69. The highest BCUT2D eigenvalue weighted by atomic mass is 19.4. The van der Waals surface area contributed by atoms with Crippen LogP contribution in [0.15, 0.2) is 18.2 Å². The summed E-state index contributed by atoms with van der Waals surface area (Å²) >= 11 is 0. The van der Waals surface area contributed by atoms with Gasteiger partial charge in [0.1, 0.15) is 5.82 Å². The van der Waals surface area contributed by atoms with Crippen LogP contribution in [-0.2, 0) is 15.8 Å². The van der Waals surface area contributed by atoms with E-state index in [1.165, 1.54) is 0 Å². The molecule has 0 fully saturated rings. The Bertz CT molecular complexity index is 600. The molecule has 4 nitrogen and oxygen atoms in total. The van der Waals surface area contributed by atoms with Crippen LogP contribution >= 0.6 is 0 Å². The zero-order valence-corrected chi connectivity index (χ0v) is 13.6. The molecule has 1 unspecified atom stereocenters. The minimum atomic E-state index is -4.89. The molecule has 0 aromatic heterocycles. The lowest BCUT2D eigenvalue weighted by Gasteiger charge is -2.15. The first-order valence-corrected chi connectivity index (χ1v) is 7.49. The fourth-order valence-corrected chi connectivity index (χ4v) is 1.95. The number of hydrogen-bond donors (Lipinski definition) is 2. The van der Waals surface area contributed by atoms with Gasteiger partial charge in [0.15, 0.2) is 0 Å². The molecular weight excluding hydrogens is 328 g/mol. The molecule has 0 aliphatic heterocycles. The molecule has 0 spiro atoms. The van der Waals surface area contributed by atoms with Crippen molar-refractivity contribution in [2.45, 2.75) is 45.8 Å². The summed E-state index contributed by atoms with van der Waals surface area (Å²) in [5, 5.41) is 4.50. The minimum absolute atomic E-state index is 0.246. The number of anilines is 1. The van der Waals surface area contributed by atoms with Gasteiger partial charge in [-0.3, -0.25) is 9.59 Å². The molecule has 134 valence electrons. The Hall–Kier alpha value is -2.12. The lowest BCUT2D eigenvalue weighted by atomic mass is 10.0. The second-order valence-electron chi connectivity index (χ2n) is 5.99. The first-order chi connectivity index (χ1) is 11.0. The lowest BCUT2D eigenvalue weighted by molar-refractivity contribution is -0.140. The summed E-state index contributed by atoms with van der Waals surface area (Å²) in [5.74, 6) is -3.07. The Morgan fingerprint density at radius 3 is 2.25 bits per heavy atom. The Morgan fingerprint density at radius 2 is 1.71 bits per heavy atom. The SMILES string of the molecule is CC(C)CCC(C)NC(=O)C(=O)Nc1ccc(F)c(C(F)(F)F)c1. The molecule has 1 atom stereocenters. The lowest BCUT2D eigenvalue weighted by Crippen LogP contribution is -2.40. The standard InChI is InChI=1S/C16H20F4N2O2/c1-9(2)4-5-10(3)21-14(23)15(24)22-11-6-7-13(17)12(8-11)16(18,19)20/h6-10H,4-5H2,1-3H3,(H,21,23)(H,22,24). The van der Waals surface area contributed by atoms with Crippen LogP contribution in [0.25, 0.3) is 0 Å². The van der Waals surface area contributed by atoms with Crippen molar-refractivity contribution in [2.24, 2.45) is 5.92 Å². The number of carbonyl (C=O) groups excluding carboxylic acids is 2. The first kappa shape index (κ1) is 19.9. The molecule has 2 N–H and O–H groups in total. The van der Waals surface area contributed by atoms with Crippen LogP contribution in [-0.4, -0.2) is 17.9 Å². The van der Waals surface area contributed by atoms with Gasteiger partial charge in [0, 0.05) is 11.7 Å². The monoisotopic (exact) mass is 348 g/mol. The first-order valence-electron chi connectivity index (χ1n) is 7.49. The van der Waals surface area contributed by atoms with Crippen molar-refractivity contribution in [3.05, 3.63) is 29.6 Å². The van der Waals surface area contributed by atoms with Crippen LogP contribution in [0, 0.1) is 11.7 Å². The summed E-state index contributed by atoms with van der Waals surface area (Å²) in [7, 11) is 0. The number of nitrogens with one attached hydrogen (secondary N) is 2. The van der Waals surface area contributed by atoms with Crippen molar-refractivity contribution in [1.82, 2.24) is 5.32 Å². The molecule has 2 amide bonds. The molecule has 0 saturated carbocycles. The van der Waals surface area contributed by atoms with Crippen molar-refractivity contribution in [1.29, 1.82) is 0 Å². The van der Waals surface area contributed by atoms with Crippen LogP contribution < -0.4 is 10.6 Å². The van der Waals surface area contributed by atoms with E-state index in [-0.39, 0.29) is 11.7 Å². The van der Waals surface area contributed by atoms with E-state index >= 15 is 0 Å². The van der Waals surface area contributed by atoms with Crippen LogP contribution in [0.3, 0.4) is 0 Å². The number of alkyl halides is 3. The Morgan fingerprint density at radius 1 is 1.08 bits per heavy atom. The molecule has 0 heterocycles. The highest BCUT2D eigenvalue weighted by molar-refractivity contribution is 6.39. The third-order valence-corrected chi connectivity index (χ3v) is 3.29. The molecule has 1 rings (SSSR count). The fourth-order valence-electron chi connectivity index (χ4n) is 1.95. The summed E-state index contributed by atoms with van der Waals surface area (Å²) in [6.07, 6.45) is -3.36. The number of rotatable bonds is 5. The molecule has 0 aliphatic carbocycles. The molecule has 24 heavy (non-hydrogen) atoms. The highest BCUT2D eigenvalue weighted by Crippen LogP contribution is 2.32. The van der Waals surface area contributed by atoms with E-state index in [0.717, 1.165) is 12.5 Å². The minimum Gasteiger partial charge on any atom is -0.345 e. The van der Waals surface area contributed by atoms with E-state index in [0.29, 0.717) is 24.5 Å².